The lowest BCUT2D eigenvalue weighted by Gasteiger charge is -2.22. The number of aliphatic hydroxyl groups excluding tert-OH is 1. The number of nitrogens with zero attached hydrogens (tertiary/aromatic N) is 1. The first-order valence-electron chi connectivity index (χ1n) is 6.46. The Morgan fingerprint density at radius 1 is 1.45 bits per heavy atom. The average Bonchev–Trinajstić information content (AvgIpc) is 2.45. The maximum Gasteiger partial charge on any atom is 0.416 e. The molecule has 0 aromatic heterocycles. The van der Waals surface area contributed by atoms with Crippen LogP contribution in [0.1, 0.15) is 22.8 Å². The molecule has 0 bridgehead atoms. The van der Waals surface area contributed by atoms with E-state index in [9.17, 15) is 22.8 Å². The standard InChI is InChI=1S/C14H17F3N2O3/c1-9(7-20)18-13(22)6-19(2)12-4-3-11(14(15,16)17)5-10(12)8-21/h3-5,8-9,20H,6-7H2,1-2H3,(H,18,22). The van der Waals surface area contributed by atoms with Crippen molar-refractivity contribution in [3.63, 3.8) is 0 Å². The van der Waals surface area contributed by atoms with Gasteiger partial charge in [0.15, 0.2) is 6.29 Å². The highest BCUT2D eigenvalue weighted by molar-refractivity contribution is 5.88. The van der Waals surface area contributed by atoms with Crippen molar-refractivity contribution in [1.29, 1.82) is 0 Å². The molecule has 0 spiro atoms. The van der Waals surface area contributed by atoms with Gasteiger partial charge in [0.05, 0.1) is 18.7 Å². The molecule has 1 rings (SSSR count). The summed E-state index contributed by atoms with van der Waals surface area (Å²) in [7, 11) is 1.48. The number of carbonyl (C=O) groups excluding carboxylic acids is 2. The summed E-state index contributed by atoms with van der Waals surface area (Å²) in [6.07, 6.45) is -4.22. The summed E-state index contributed by atoms with van der Waals surface area (Å²) in [6.45, 7) is 1.22. The van der Waals surface area contributed by atoms with Crippen LogP contribution >= 0.6 is 0 Å². The number of hydrogen-bond acceptors (Lipinski definition) is 4. The first-order valence-corrected chi connectivity index (χ1v) is 6.46. The first-order chi connectivity index (χ1) is 10.2. The third-order valence-electron chi connectivity index (χ3n) is 2.96. The molecule has 0 radical (unpaired) electrons. The van der Waals surface area contributed by atoms with Crippen LogP contribution in [0.2, 0.25) is 0 Å². The quantitative estimate of drug-likeness (QED) is 0.779. The molecule has 0 saturated heterocycles. The van der Waals surface area contributed by atoms with Crippen LogP contribution in [0.3, 0.4) is 0 Å². The smallest absolute Gasteiger partial charge is 0.394 e. The van der Waals surface area contributed by atoms with Gasteiger partial charge in [0.2, 0.25) is 5.91 Å². The van der Waals surface area contributed by atoms with E-state index in [1.165, 1.54) is 11.9 Å². The number of aldehydes is 1. The van der Waals surface area contributed by atoms with E-state index in [-0.39, 0.29) is 24.4 Å². The van der Waals surface area contributed by atoms with Crippen LogP contribution in [-0.4, -0.2) is 43.5 Å². The topological polar surface area (TPSA) is 69.6 Å². The van der Waals surface area contributed by atoms with Crippen LogP contribution in [0.5, 0.6) is 0 Å². The molecule has 0 aliphatic heterocycles. The van der Waals surface area contributed by atoms with E-state index in [0.29, 0.717) is 6.29 Å². The third kappa shape index (κ3) is 4.73. The number of alkyl halides is 3. The van der Waals surface area contributed by atoms with Gasteiger partial charge in [-0.2, -0.15) is 13.2 Å². The Bertz CT molecular complexity index is 547. The van der Waals surface area contributed by atoms with Crippen LogP contribution in [0, 0.1) is 0 Å². The number of nitrogens with one attached hydrogen (secondary N) is 1. The first kappa shape index (κ1) is 18.0. The fraction of sp³-hybridized carbons (Fsp3) is 0.429. The van der Waals surface area contributed by atoms with Crippen molar-refractivity contribution in [3.8, 4) is 0 Å². The highest BCUT2D eigenvalue weighted by atomic mass is 19.4. The lowest BCUT2D eigenvalue weighted by Crippen LogP contribution is -2.41. The molecule has 0 fully saturated rings. The molecule has 0 aliphatic carbocycles. The zero-order valence-electron chi connectivity index (χ0n) is 12.1. The molecule has 1 aromatic rings. The Balaban J connectivity index is 2.92. The van der Waals surface area contributed by atoms with E-state index < -0.39 is 23.7 Å². The summed E-state index contributed by atoms with van der Waals surface area (Å²) in [6, 6.07) is 2.31. The van der Waals surface area contributed by atoms with E-state index in [2.05, 4.69) is 5.32 Å². The van der Waals surface area contributed by atoms with Crippen molar-refractivity contribution in [1.82, 2.24) is 5.32 Å². The van der Waals surface area contributed by atoms with Gasteiger partial charge in [-0.1, -0.05) is 0 Å². The Morgan fingerprint density at radius 2 is 2.09 bits per heavy atom. The number of amides is 1. The monoisotopic (exact) mass is 318 g/mol. The molecular formula is C14H17F3N2O3. The maximum absolute atomic E-state index is 12.6. The Morgan fingerprint density at radius 3 is 2.59 bits per heavy atom. The molecule has 1 unspecified atom stereocenters. The van der Waals surface area contributed by atoms with Gasteiger partial charge in [0.1, 0.15) is 0 Å². The zero-order valence-corrected chi connectivity index (χ0v) is 12.1. The van der Waals surface area contributed by atoms with Crippen molar-refractivity contribution in [2.75, 3.05) is 25.1 Å². The third-order valence-corrected chi connectivity index (χ3v) is 2.96. The lowest BCUT2D eigenvalue weighted by atomic mass is 10.1. The van der Waals surface area contributed by atoms with E-state index in [1.54, 1.807) is 6.92 Å². The molecule has 1 atom stereocenters. The Kier molecular flexibility index (Phi) is 5.92. The van der Waals surface area contributed by atoms with Gasteiger partial charge in [-0.15, -0.1) is 0 Å². The number of halogens is 3. The van der Waals surface area contributed by atoms with Crippen LogP contribution < -0.4 is 10.2 Å². The van der Waals surface area contributed by atoms with Gasteiger partial charge in [-0.05, 0) is 25.1 Å². The van der Waals surface area contributed by atoms with E-state index in [1.807, 2.05) is 0 Å². The largest absolute Gasteiger partial charge is 0.416 e. The van der Waals surface area contributed by atoms with Gasteiger partial charge in [-0.3, -0.25) is 9.59 Å². The summed E-state index contributed by atoms with van der Waals surface area (Å²) in [5, 5.41) is 11.3. The molecule has 1 amide bonds. The predicted octanol–water partition coefficient (Wildman–Crippen LogP) is 1.45. The Hall–Kier alpha value is -2.09. The molecule has 5 nitrogen and oxygen atoms in total. The van der Waals surface area contributed by atoms with Crippen molar-refractivity contribution in [3.05, 3.63) is 29.3 Å². The molecule has 1 aromatic carbocycles. The van der Waals surface area contributed by atoms with Gasteiger partial charge in [0, 0.05) is 24.3 Å². The highest BCUT2D eigenvalue weighted by Gasteiger charge is 2.31. The van der Waals surface area contributed by atoms with Gasteiger partial charge in [0.25, 0.3) is 0 Å². The number of aliphatic hydroxyl groups is 1. The average molecular weight is 318 g/mol. The fourth-order valence-electron chi connectivity index (χ4n) is 1.84. The lowest BCUT2D eigenvalue weighted by molar-refractivity contribution is -0.137. The molecule has 0 heterocycles. The van der Waals surface area contributed by atoms with Crippen LogP contribution in [-0.2, 0) is 11.0 Å². The summed E-state index contributed by atoms with van der Waals surface area (Å²) >= 11 is 0. The summed E-state index contributed by atoms with van der Waals surface area (Å²) in [5.41, 5.74) is -0.861. The number of likely N-dealkylation sites (N-methyl/N-ethyl adjacent to an activating group) is 1. The summed E-state index contributed by atoms with van der Waals surface area (Å²) in [5.74, 6) is -0.416. The minimum absolute atomic E-state index is 0.152. The van der Waals surface area contributed by atoms with Gasteiger partial charge >= 0.3 is 6.18 Å². The molecule has 2 N–H and O–H groups in total. The molecule has 8 heteroatoms. The number of benzene rings is 1. The molecular weight excluding hydrogens is 301 g/mol. The van der Waals surface area contributed by atoms with Gasteiger partial charge in [-0.25, -0.2) is 0 Å². The summed E-state index contributed by atoms with van der Waals surface area (Å²) in [4.78, 5) is 24.0. The molecule has 22 heavy (non-hydrogen) atoms. The Labute approximate surface area is 125 Å². The van der Waals surface area contributed by atoms with Crippen LogP contribution in [0.15, 0.2) is 18.2 Å². The normalized spacial score (nSPS) is 12.6. The fourth-order valence-corrected chi connectivity index (χ4v) is 1.84. The van der Waals surface area contributed by atoms with Crippen molar-refractivity contribution < 1.29 is 27.9 Å². The number of carbonyl (C=O) groups is 2. The van der Waals surface area contributed by atoms with Crippen LogP contribution in [0.25, 0.3) is 0 Å². The minimum atomic E-state index is -4.54. The van der Waals surface area contributed by atoms with Crippen LogP contribution in [0.4, 0.5) is 18.9 Å². The second-order valence-electron chi connectivity index (χ2n) is 4.90. The zero-order chi connectivity index (χ0) is 16.9. The second-order valence-corrected chi connectivity index (χ2v) is 4.90. The van der Waals surface area contributed by atoms with Crippen molar-refractivity contribution in [2.45, 2.75) is 19.1 Å². The second kappa shape index (κ2) is 7.26. The molecule has 0 aliphatic rings. The number of rotatable bonds is 6. The maximum atomic E-state index is 12.6. The minimum Gasteiger partial charge on any atom is -0.394 e. The van der Waals surface area contributed by atoms with E-state index in [4.69, 9.17) is 5.11 Å². The van der Waals surface area contributed by atoms with E-state index >= 15 is 0 Å². The van der Waals surface area contributed by atoms with E-state index in [0.717, 1.165) is 18.2 Å². The highest BCUT2D eigenvalue weighted by Crippen LogP contribution is 2.32. The molecule has 122 valence electrons. The SMILES string of the molecule is CC(CO)NC(=O)CN(C)c1ccc(C(F)(F)F)cc1C=O. The van der Waals surface area contributed by atoms with Crippen molar-refractivity contribution >= 4 is 17.9 Å². The number of anilines is 1. The van der Waals surface area contributed by atoms with Gasteiger partial charge < -0.3 is 15.3 Å². The number of hydrogen-bond donors (Lipinski definition) is 2. The predicted molar refractivity (Wildman–Crippen MR) is 74.8 cm³/mol. The molecule has 0 saturated carbocycles. The summed E-state index contributed by atoms with van der Waals surface area (Å²) < 4.78 is 37.8. The van der Waals surface area contributed by atoms with Crippen molar-refractivity contribution in [2.24, 2.45) is 0 Å².